The van der Waals surface area contributed by atoms with E-state index in [4.69, 9.17) is 13.6 Å². The van der Waals surface area contributed by atoms with Crippen molar-refractivity contribution in [2.24, 2.45) is 0 Å². The molecule has 0 saturated carbocycles. The molecule has 1 atom stereocenters. The van der Waals surface area contributed by atoms with Crippen LogP contribution in [0.2, 0.25) is 0 Å². The summed E-state index contributed by atoms with van der Waals surface area (Å²) in [4.78, 5) is 24.1. The topological polar surface area (TPSA) is 69.7 Å². The van der Waals surface area contributed by atoms with Crippen molar-refractivity contribution in [3.8, 4) is 17.3 Å². The first-order chi connectivity index (χ1) is 10.6. The second-order valence-corrected chi connectivity index (χ2v) is 4.93. The summed E-state index contributed by atoms with van der Waals surface area (Å²) in [6, 6.07) is 10.2. The molecule has 0 radical (unpaired) electrons. The lowest BCUT2D eigenvalue weighted by molar-refractivity contribution is -0.122. The molecular formula is C17H14O5. The van der Waals surface area contributed by atoms with Gasteiger partial charge in [-0.25, -0.2) is 0 Å². The van der Waals surface area contributed by atoms with Crippen molar-refractivity contribution >= 4 is 16.8 Å². The number of fused-ring (bicyclic) bond motifs is 1. The van der Waals surface area contributed by atoms with Crippen molar-refractivity contribution in [2.75, 3.05) is 0 Å². The van der Waals surface area contributed by atoms with Gasteiger partial charge in [0.25, 0.3) is 0 Å². The Bertz CT molecular complexity index is 874. The lowest BCUT2D eigenvalue weighted by atomic mass is 10.2. The van der Waals surface area contributed by atoms with Crippen molar-refractivity contribution in [3.63, 3.8) is 0 Å². The quantitative estimate of drug-likeness (QED) is 0.738. The van der Waals surface area contributed by atoms with E-state index in [9.17, 15) is 9.59 Å². The van der Waals surface area contributed by atoms with E-state index in [0.717, 1.165) is 0 Å². The number of carbonyl (C=O) groups excluding carboxylic acids is 1. The summed E-state index contributed by atoms with van der Waals surface area (Å²) in [5.74, 6) is 0.352. The first-order valence-corrected chi connectivity index (χ1v) is 6.84. The molecule has 0 bridgehead atoms. The number of Topliss-reactive ketones (excluding diaryl/α,β-unsaturated/α-hetero) is 1. The van der Waals surface area contributed by atoms with Crippen molar-refractivity contribution in [3.05, 3.63) is 52.9 Å². The smallest absolute Gasteiger partial charge is 0.235 e. The van der Waals surface area contributed by atoms with E-state index in [-0.39, 0.29) is 22.7 Å². The highest BCUT2D eigenvalue weighted by Crippen LogP contribution is 2.31. The number of furan rings is 1. The molecule has 0 spiro atoms. The molecule has 3 rings (SSSR count). The summed E-state index contributed by atoms with van der Waals surface area (Å²) in [5, 5.41) is 0.392. The van der Waals surface area contributed by atoms with Gasteiger partial charge in [-0.15, -0.1) is 0 Å². The van der Waals surface area contributed by atoms with Crippen LogP contribution in [-0.2, 0) is 4.79 Å². The number of carbonyl (C=O) groups is 1. The van der Waals surface area contributed by atoms with E-state index in [1.807, 2.05) is 0 Å². The van der Waals surface area contributed by atoms with Crippen LogP contribution < -0.4 is 10.2 Å². The molecule has 0 aliphatic carbocycles. The molecule has 22 heavy (non-hydrogen) atoms. The second kappa shape index (κ2) is 5.52. The monoisotopic (exact) mass is 298 g/mol. The van der Waals surface area contributed by atoms with Gasteiger partial charge in [-0.1, -0.05) is 12.1 Å². The zero-order chi connectivity index (χ0) is 15.7. The number of rotatable bonds is 4. The maximum absolute atomic E-state index is 12.7. The lowest BCUT2D eigenvalue weighted by Crippen LogP contribution is -2.24. The molecule has 2 aromatic heterocycles. The van der Waals surface area contributed by atoms with Gasteiger partial charge in [0.2, 0.25) is 16.9 Å². The number of ether oxygens (including phenoxy) is 1. The Balaban J connectivity index is 2.26. The van der Waals surface area contributed by atoms with Gasteiger partial charge in [0, 0.05) is 0 Å². The second-order valence-electron chi connectivity index (χ2n) is 4.93. The Labute approximate surface area is 126 Å². The summed E-state index contributed by atoms with van der Waals surface area (Å²) < 4.78 is 16.6. The van der Waals surface area contributed by atoms with Crippen LogP contribution in [-0.4, -0.2) is 11.9 Å². The first-order valence-electron chi connectivity index (χ1n) is 6.84. The van der Waals surface area contributed by atoms with E-state index < -0.39 is 6.10 Å². The minimum absolute atomic E-state index is 0.0173. The molecule has 3 aromatic rings. The number of hydrogen-bond acceptors (Lipinski definition) is 5. The number of benzene rings is 1. The summed E-state index contributed by atoms with van der Waals surface area (Å²) >= 11 is 0. The number of ketones is 1. The molecule has 5 heteroatoms. The summed E-state index contributed by atoms with van der Waals surface area (Å²) in [7, 11) is 0. The summed E-state index contributed by atoms with van der Waals surface area (Å²) in [6.07, 6.45) is 0.723. The highest BCUT2D eigenvalue weighted by Gasteiger charge is 2.22. The maximum Gasteiger partial charge on any atom is 0.235 e. The van der Waals surface area contributed by atoms with Crippen molar-refractivity contribution < 1.29 is 18.4 Å². The predicted molar refractivity (Wildman–Crippen MR) is 81.0 cm³/mol. The fourth-order valence-corrected chi connectivity index (χ4v) is 2.06. The van der Waals surface area contributed by atoms with Crippen LogP contribution in [0.3, 0.4) is 0 Å². The highest BCUT2D eigenvalue weighted by molar-refractivity contribution is 5.83. The third kappa shape index (κ3) is 2.41. The molecule has 112 valence electrons. The molecule has 2 heterocycles. The fraction of sp³-hybridized carbons (Fsp3) is 0.176. The van der Waals surface area contributed by atoms with Crippen LogP contribution >= 0.6 is 0 Å². The van der Waals surface area contributed by atoms with Gasteiger partial charge in [0.15, 0.2) is 17.6 Å². The van der Waals surface area contributed by atoms with Crippen LogP contribution in [0.4, 0.5) is 0 Å². The zero-order valence-corrected chi connectivity index (χ0v) is 12.2. The van der Waals surface area contributed by atoms with Crippen LogP contribution in [0.25, 0.3) is 22.5 Å². The van der Waals surface area contributed by atoms with E-state index in [1.54, 1.807) is 43.3 Å². The van der Waals surface area contributed by atoms with Crippen molar-refractivity contribution in [2.45, 2.75) is 20.0 Å². The van der Waals surface area contributed by atoms with Gasteiger partial charge < -0.3 is 13.6 Å². The summed E-state index contributed by atoms with van der Waals surface area (Å²) in [5.41, 5.74) is 0.100. The Morgan fingerprint density at radius 1 is 1.18 bits per heavy atom. The molecular weight excluding hydrogens is 284 g/mol. The van der Waals surface area contributed by atoms with Crippen molar-refractivity contribution in [1.29, 1.82) is 0 Å². The Hall–Kier alpha value is -2.82. The minimum atomic E-state index is -0.752. The third-order valence-electron chi connectivity index (χ3n) is 3.37. The zero-order valence-electron chi connectivity index (χ0n) is 12.2. The van der Waals surface area contributed by atoms with Gasteiger partial charge >= 0.3 is 0 Å². The molecule has 0 aliphatic heterocycles. The van der Waals surface area contributed by atoms with Gasteiger partial charge in [0.05, 0.1) is 11.6 Å². The molecule has 0 amide bonds. The Kier molecular flexibility index (Phi) is 3.55. The first kappa shape index (κ1) is 14.1. The predicted octanol–water partition coefficient (Wildman–Crippen LogP) is 3.41. The SMILES string of the molecule is CC(=O)C(C)Oc1c(-c2ccco2)oc2ccccc2c1=O. The maximum atomic E-state index is 12.7. The van der Waals surface area contributed by atoms with Gasteiger partial charge in [-0.05, 0) is 38.1 Å². The summed E-state index contributed by atoms with van der Waals surface area (Å²) in [6.45, 7) is 2.99. The number of hydrogen-bond donors (Lipinski definition) is 0. The third-order valence-corrected chi connectivity index (χ3v) is 3.37. The molecule has 0 aliphatic rings. The highest BCUT2D eigenvalue weighted by atomic mass is 16.5. The molecule has 1 aromatic carbocycles. The Morgan fingerprint density at radius 3 is 2.64 bits per heavy atom. The van der Waals surface area contributed by atoms with Crippen molar-refractivity contribution in [1.82, 2.24) is 0 Å². The van der Waals surface area contributed by atoms with Crippen LogP contribution in [0.5, 0.6) is 5.75 Å². The lowest BCUT2D eigenvalue weighted by Gasteiger charge is -2.13. The van der Waals surface area contributed by atoms with Gasteiger partial charge in [-0.3, -0.25) is 9.59 Å². The average molecular weight is 298 g/mol. The van der Waals surface area contributed by atoms with Crippen LogP contribution in [0, 0.1) is 0 Å². The molecule has 0 fully saturated rings. The largest absolute Gasteiger partial charge is 0.475 e. The van der Waals surface area contributed by atoms with E-state index in [2.05, 4.69) is 0 Å². The van der Waals surface area contributed by atoms with E-state index >= 15 is 0 Å². The van der Waals surface area contributed by atoms with E-state index in [0.29, 0.717) is 16.7 Å². The standard InChI is InChI=1S/C17H14O5/c1-10(18)11(2)21-17-15(19)12-6-3-4-7-13(12)22-16(17)14-8-5-9-20-14/h3-9,11H,1-2H3. The molecule has 5 nitrogen and oxygen atoms in total. The van der Waals surface area contributed by atoms with E-state index in [1.165, 1.54) is 13.2 Å². The molecule has 0 saturated heterocycles. The average Bonchev–Trinajstić information content (AvgIpc) is 3.04. The minimum Gasteiger partial charge on any atom is -0.475 e. The number of para-hydroxylation sites is 1. The Morgan fingerprint density at radius 2 is 1.95 bits per heavy atom. The van der Waals surface area contributed by atoms with Crippen LogP contribution in [0.1, 0.15) is 13.8 Å². The normalized spacial score (nSPS) is 12.3. The molecule has 0 N–H and O–H groups in total. The molecule has 1 unspecified atom stereocenters. The fourth-order valence-electron chi connectivity index (χ4n) is 2.06. The van der Waals surface area contributed by atoms with Crippen LogP contribution in [0.15, 0.2) is 56.3 Å². The van der Waals surface area contributed by atoms with Gasteiger partial charge in [0.1, 0.15) is 5.58 Å². The van der Waals surface area contributed by atoms with Gasteiger partial charge in [-0.2, -0.15) is 0 Å².